The minimum Gasteiger partial charge on any atom is -0.496 e. The lowest BCUT2D eigenvalue weighted by atomic mass is 9.97. The van der Waals surface area contributed by atoms with Gasteiger partial charge in [-0.05, 0) is 43.4 Å². The number of allylic oxidation sites excluding steroid dienone is 1. The van der Waals surface area contributed by atoms with Gasteiger partial charge in [0.2, 0.25) is 0 Å². The molecule has 4 nitrogen and oxygen atoms in total. The highest BCUT2D eigenvalue weighted by atomic mass is 16.5. The zero-order valence-electron chi connectivity index (χ0n) is 11.4. The first-order valence-corrected chi connectivity index (χ1v) is 6.25. The quantitative estimate of drug-likeness (QED) is 0.829. The summed E-state index contributed by atoms with van der Waals surface area (Å²) in [5.74, 6) is 0.847. The molecule has 0 aliphatic heterocycles. The Bertz CT molecular complexity index is 527. The van der Waals surface area contributed by atoms with E-state index in [0.29, 0.717) is 11.7 Å². The number of rotatable bonds is 5. The fourth-order valence-electron chi connectivity index (χ4n) is 2.33. The maximum atomic E-state index is 11.0. The molecule has 0 amide bonds. The minimum absolute atomic E-state index is 0.331. The van der Waals surface area contributed by atoms with Crippen molar-refractivity contribution in [3.05, 3.63) is 29.3 Å². The van der Waals surface area contributed by atoms with Crippen LogP contribution >= 0.6 is 0 Å². The third-order valence-corrected chi connectivity index (χ3v) is 3.39. The number of hydrogen-bond acceptors (Lipinski definition) is 3. The molecule has 1 aliphatic carbocycles. The van der Waals surface area contributed by atoms with Crippen molar-refractivity contribution in [2.24, 2.45) is 5.92 Å². The van der Waals surface area contributed by atoms with Crippen LogP contribution < -0.4 is 9.47 Å². The van der Waals surface area contributed by atoms with Crippen LogP contribution in [0.1, 0.15) is 24.0 Å². The second-order valence-corrected chi connectivity index (χ2v) is 4.69. The lowest BCUT2D eigenvalue weighted by Gasteiger charge is -2.16. The van der Waals surface area contributed by atoms with Gasteiger partial charge in [0.05, 0.1) is 14.2 Å². The summed E-state index contributed by atoms with van der Waals surface area (Å²) in [6.45, 7) is 1.91. The van der Waals surface area contributed by atoms with Gasteiger partial charge >= 0.3 is 5.97 Å². The van der Waals surface area contributed by atoms with Crippen LogP contribution in [0.5, 0.6) is 11.5 Å². The highest BCUT2D eigenvalue weighted by Crippen LogP contribution is 2.46. The molecule has 1 saturated carbocycles. The molecule has 0 unspecified atom stereocenters. The van der Waals surface area contributed by atoms with E-state index in [2.05, 4.69) is 0 Å². The van der Waals surface area contributed by atoms with Crippen molar-refractivity contribution in [3.8, 4) is 11.5 Å². The van der Waals surface area contributed by atoms with E-state index in [9.17, 15) is 4.79 Å². The highest BCUT2D eigenvalue weighted by Gasteiger charge is 2.30. The maximum Gasteiger partial charge on any atom is 0.328 e. The predicted molar refractivity (Wildman–Crippen MR) is 72.6 cm³/mol. The molecule has 1 fully saturated rings. The summed E-state index contributed by atoms with van der Waals surface area (Å²) < 4.78 is 10.7. The van der Waals surface area contributed by atoms with E-state index < -0.39 is 5.97 Å². The molecule has 1 aromatic carbocycles. The van der Waals surface area contributed by atoms with E-state index in [-0.39, 0.29) is 0 Å². The molecule has 102 valence electrons. The second-order valence-electron chi connectivity index (χ2n) is 4.69. The Hall–Kier alpha value is -1.97. The number of methoxy groups -OCH3 is 2. The van der Waals surface area contributed by atoms with Crippen LogP contribution in [0.2, 0.25) is 0 Å². The Kier molecular flexibility index (Phi) is 3.79. The Labute approximate surface area is 112 Å². The Morgan fingerprint density at radius 1 is 1.32 bits per heavy atom. The number of carbonyl (C=O) groups is 1. The molecule has 19 heavy (non-hydrogen) atoms. The van der Waals surface area contributed by atoms with Crippen LogP contribution in [-0.2, 0) is 4.79 Å². The van der Waals surface area contributed by atoms with Gasteiger partial charge in [-0.15, -0.1) is 0 Å². The van der Waals surface area contributed by atoms with Crippen molar-refractivity contribution >= 4 is 11.5 Å². The topological polar surface area (TPSA) is 55.8 Å². The molecule has 0 aromatic heterocycles. The van der Waals surface area contributed by atoms with Crippen LogP contribution in [0, 0.1) is 12.8 Å². The smallest absolute Gasteiger partial charge is 0.328 e. The highest BCUT2D eigenvalue weighted by molar-refractivity contribution is 5.92. The van der Waals surface area contributed by atoms with E-state index in [1.54, 1.807) is 14.2 Å². The fraction of sp³-hybridized carbons (Fsp3) is 0.400. The van der Waals surface area contributed by atoms with Gasteiger partial charge in [0.1, 0.15) is 11.5 Å². The van der Waals surface area contributed by atoms with E-state index in [1.165, 1.54) is 6.08 Å². The van der Waals surface area contributed by atoms with Crippen LogP contribution in [0.25, 0.3) is 5.57 Å². The van der Waals surface area contributed by atoms with Gasteiger partial charge in [0.25, 0.3) is 0 Å². The normalized spacial score (nSPS) is 15.2. The number of carboxylic acids is 1. The Balaban J connectivity index is 2.54. The molecule has 1 N–H and O–H groups in total. The Morgan fingerprint density at radius 2 is 2.00 bits per heavy atom. The van der Waals surface area contributed by atoms with E-state index in [4.69, 9.17) is 14.6 Å². The summed E-state index contributed by atoms with van der Waals surface area (Å²) in [5, 5.41) is 9.01. The first-order chi connectivity index (χ1) is 9.08. The molecule has 0 spiro atoms. The van der Waals surface area contributed by atoms with E-state index in [0.717, 1.165) is 35.3 Å². The zero-order chi connectivity index (χ0) is 14.0. The molecule has 2 rings (SSSR count). The summed E-state index contributed by atoms with van der Waals surface area (Å²) in [4.78, 5) is 11.0. The van der Waals surface area contributed by atoms with Crippen molar-refractivity contribution in [3.63, 3.8) is 0 Å². The largest absolute Gasteiger partial charge is 0.496 e. The number of hydrogen-bond donors (Lipinski definition) is 1. The first kappa shape index (κ1) is 13.5. The molecule has 1 aliphatic rings. The van der Waals surface area contributed by atoms with Crippen molar-refractivity contribution in [1.29, 1.82) is 0 Å². The van der Waals surface area contributed by atoms with Gasteiger partial charge in [-0.2, -0.15) is 0 Å². The van der Waals surface area contributed by atoms with Crippen LogP contribution in [0.15, 0.2) is 18.2 Å². The molecule has 1 aromatic rings. The predicted octanol–water partition coefficient (Wildman–Crippen LogP) is 2.89. The van der Waals surface area contributed by atoms with Crippen LogP contribution in [-0.4, -0.2) is 25.3 Å². The van der Waals surface area contributed by atoms with Crippen molar-refractivity contribution in [1.82, 2.24) is 0 Å². The minimum atomic E-state index is -0.919. The standard InChI is InChI=1S/C15H18O4/c1-9-13(18-2)7-6-11(15(9)19-3)12(8-14(16)17)10-4-5-10/h6-8,10H,4-5H2,1-3H3,(H,16,17)/b12-8+. The molecule has 0 bridgehead atoms. The van der Waals surface area contributed by atoms with E-state index in [1.807, 2.05) is 19.1 Å². The summed E-state index contributed by atoms with van der Waals surface area (Å²) in [6.07, 6.45) is 3.36. The molecule has 0 atom stereocenters. The number of benzene rings is 1. The lowest BCUT2D eigenvalue weighted by Crippen LogP contribution is -2.00. The third kappa shape index (κ3) is 2.72. The average molecular weight is 262 g/mol. The molecular formula is C15H18O4. The number of ether oxygens (including phenoxy) is 2. The second kappa shape index (κ2) is 5.34. The summed E-state index contributed by atoms with van der Waals surface area (Å²) in [7, 11) is 3.20. The maximum absolute atomic E-state index is 11.0. The molecular weight excluding hydrogens is 244 g/mol. The molecule has 0 saturated heterocycles. The fourth-order valence-corrected chi connectivity index (χ4v) is 2.33. The van der Waals surface area contributed by atoms with Crippen LogP contribution in [0.4, 0.5) is 0 Å². The van der Waals surface area contributed by atoms with E-state index >= 15 is 0 Å². The van der Waals surface area contributed by atoms with Gasteiger partial charge in [0.15, 0.2) is 0 Å². The summed E-state index contributed by atoms with van der Waals surface area (Å²) in [6, 6.07) is 3.73. The van der Waals surface area contributed by atoms with Crippen molar-refractivity contribution in [2.75, 3.05) is 14.2 Å². The summed E-state index contributed by atoms with van der Waals surface area (Å²) >= 11 is 0. The molecule has 0 radical (unpaired) electrons. The average Bonchev–Trinajstić information content (AvgIpc) is 3.19. The molecule has 4 heteroatoms. The van der Waals surface area contributed by atoms with Gasteiger partial charge < -0.3 is 14.6 Å². The first-order valence-electron chi connectivity index (χ1n) is 6.25. The number of aliphatic carboxylic acids is 1. The van der Waals surface area contributed by atoms with Crippen LogP contribution in [0.3, 0.4) is 0 Å². The zero-order valence-corrected chi connectivity index (χ0v) is 11.4. The van der Waals surface area contributed by atoms with Crippen molar-refractivity contribution in [2.45, 2.75) is 19.8 Å². The summed E-state index contributed by atoms with van der Waals surface area (Å²) in [5.41, 5.74) is 2.58. The SMILES string of the molecule is COc1ccc(/C(=C/C(=O)O)C2CC2)c(OC)c1C. The van der Waals surface area contributed by atoms with Crippen molar-refractivity contribution < 1.29 is 19.4 Å². The Morgan fingerprint density at radius 3 is 2.47 bits per heavy atom. The number of carboxylic acid groups (broad SMARTS) is 1. The van der Waals surface area contributed by atoms with Gasteiger partial charge in [0, 0.05) is 17.2 Å². The van der Waals surface area contributed by atoms with Gasteiger partial charge in [-0.25, -0.2) is 4.79 Å². The van der Waals surface area contributed by atoms with Gasteiger partial charge in [-0.3, -0.25) is 0 Å². The molecule has 0 heterocycles. The lowest BCUT2D eigenvalue weighted by molar-refractivity contribution is -0.131. The van der Waals surface area contributed by atoms with Gasteiger partial charge in [-0.1, -0.05) is 0 Å². The monoisotopic (exact) mass is 262 g/mol. The third-order valence-electron chi connectivity index (χ3n) is 3.39.